The highest BCUT2D eigenvalue weighted by Crippen LogP contribution is 2.31. The van der Waals surface area contributed by atoms with Gasteiger partial charge < -0.3 is 14.6 Å². The number of rotatable bonds is 6. The van der Waals surface area contributed by atoms with Gasteiger partial charge >= 0.3 is 0 Å². The van der Waals surface area contributed by atoms with E-state index in [2.05, 4.69) is 27.2 Å². The van der Waals surface area contributed by atoms with E-state index in [1.54, 1.807) is 30.5 Å². The number of aromatic nitrogens is 1. The summed E-state index contributed by atoms with van der Waals surface area (Å²) in [6.07, 6.45) is 5.68. The van der Waals surface area contributed by atoms with Gasteiger partial charge in [-0.25, -0.2) is 18.1 Å². The van der Waals surface area contributed by atoms with Gasteiger partial charge in [0, 0.05) is 37.2 Å². The number of carbonyl (C=O) groups is 1. The van der Waals surface area contributed by atoms with Crippen molar-refractivity contribution in [2.45, 2.75) is 42.7 Å². The zero-order chi connectivity index (χ0) is 24.3. The summed E-state index contributed by atoms with van der Waals surface area (Å²) in [5.41, 5.74) is 1.86. The fraction of sp³-hybridized carbons (Fsp3) is 0.385. The van der Waals surface area contributed by atoms with E-state index in [0.717, 1.165) is 24.2 Å². The second-order valence-corrected chi connectivity index (χ2v) is 10.9. The minimum absolute atomic E-state index is 0.0352. The highest BCUT2D eigenvalue weighted by atomic mass is 32.2. The third kappa shape index (κ3) is 5.32. The minimum Gasteiger partial charge on any atom is -0.445 e. The second-order valence-electron chi connectivity index (χ2n) is 9.19. The smallest absolute Gasteiger partial charge is 0.240 e. The Kier molecular flexibility index (Phi) is 6.99. The number of sulfonamides is 1. The van der Waals surface area contributed by atoms with Crippen molar-refractivity contribution in [1.29, 1.82) is 0 Å². The lowest BCUT2D eigenvalue weighted by atomic mass is 9.85. The lowest BCUT2D eigenvalue weighted by molar-refractivity contribution is -0.140. The number of piperazine rings is 1. The van der Waals surface area contributed by atoms with E-state index < -0.39 is 10.0 Å². The van der Waals surface area contributed by atoms with Gasteiger partial charge in [-0.3, -0.25) is 4.79 Å². The van der Waals surface area contributed by atoms with E-state index >= 15 is 0 Å². The lowest BCUT2D eigenvalue weighted by Gasteiger charge is -2.40. The van der Waals surface area contributed by atoms with Gasteiger partial charge in [0.15, 0.2) is 0 Å². The summed E-state index contributed by atoms with van der Waals surface area (Å²) in [6.45, 7) is 2.23. The van der Waals surface area contributed by atoms with Crippen molar-refractivity contribution in [3.8, 4) is 11.5 Å². The standard InChI is InChI=1S/C26H30N4O4S/c31-26(30-16-14-27-18-24(30)19-4-2-1-3-5-19)21-6-10-22(11-7-21)29-35(32,33)23-12-8-20(9-13-23)25-28-15-17-34-25/h1-5,8-9,12-13,15,17,21-22,24,27,29H,6-7,10-11,14,16,18H2/t21?,22?,24-/m1/s1. The van der Waals surface area contributed by atoms with Crippen LogP contribution in [-0.2, 0) is 14.8 Å². The van der Waals surface area contributed by atoms with Crippen LogP contribution in [0.3, 0.4) is 0 Å². The third-order valence-electron chi connectivity index (χ3n) is 6.95. The van der Waals surface area contributed by atoms with Crippen molar-refractivity contribution in [3.05, 3.63) is 72.6 Å². The summed E-state index contributed by atoms with van der Waals surface area (Å²) in [7, 11) is -3.65. The summed E-state index contributed by atoms with van der Waals surface area (Å²) in [4.78, 5) is 19.7. The van der Waals surface area contributed by atoms with Crippen LogP contribution in [0.2, 0.25) is 0 Å². The number of hydrogen-bond acceptors (Lipinski definition) is 6. The Hall–Kier alpha value is -3.01. The van der Waals surface area contributed by atoms with Gasteiger partial charge in [-0.05, 0) is 55.5 Å². The molecule has 0 unspecified atom stereocenters. The average Bonchev–Trinajstić information content (AvgIpc) is 3.44. The van der Waals surface area contributed by atoms with Crippen molar-refractivity contribution in [3.63, 3.8) is 0 Å². The van der Waals surface area contributed by atoms with Gasteiger partial charge in [-0.1, -0.05) is 30.3 Å². The summed E-state index contributed by atoms with van der Waals surface area (Å²) in [5.74, 6) is 0.563. The van der Waals surface area contributed by atoms with Crippen LogP contribution < -0.4 is 10.0 Å². The fourth-order valence-electron chi connectivity index (χ4n) is 5.06. The Morgan fingerprint density at radius 2 is 1.77 bits per heavy atom. The highest BCUT2D eigenvalue weighted by Gasteiger charge is 2.35. The first kappa shape index (κ1) is 23.7. The normalized spacial score (nSPS) is 23.2. The van der Waals surface area contributed by atoms with Crippen molar-refractivity contribution in [2.75, 3.05) is 19.6 Å². The molecule has 2 N–H and O–H groups in total. The predicted octanol–water partition coefficient (Wildman–Crippen LogP) is 3.35. The summed E-state index contributed by atoms with van der Waals surface area (Å²) in [5, 5.41) is 3.40. The summed E-state index contributed by atoms with van der Waals surface area (Å²) >= 11 is 0. The molecule has 2 aromatic carbocycles. The number of hydrogen-bond donors (Lipinski definition) is 2. The molecule has 2 heterocycles. The quantitative estimate of drug-likeness (QED) is 0.545. The van der Waals surface area contributed by atoms with E-state index in [4.69, 9.17) is 4.42 Å². The fourth-order valence-corrected chi connectivity index (χ4v) is 6.37. The summed E-state index contributed by atoms with van der Waals surface area (Å²) < 4.78 is 34.0. The van der Waals surface area contributed by atoms with Crippen LogP contribution in [0.15, 0.2) is 76.4 Å². The second kappa shape index (κ2) is 10.3. The number of nitrogens with one attached hydrogen (secondary N) is 2. The molecule has 2 fully saturated rings. The molecule has 5 rings (SSSR count). The van der Waals surface area contributed by atoms with Crippen LogP contribution in [0.1, 0.15) is 37.3 Å². The van der Waals surface area contributed by atoms with E-state index in [9.17, 15) is 13.2 Å². The monoisotopic (exact) mass is 494 g/mol. The predicted molar refractivity (Wildman–Crippen MR) is 132 cm³/mol. The Morgan fingerprint density at radius 3 is 2.46 bits per heavy atom. The molecule has 0 spiro atoms. The van der Waals surface area contributed by atoms with Crippen molar-refractivity contribution in [2.24, 2.45) is 5.92 Å². The van der Waals surface area contributed by atoms with Crippen molar-refractivity contribution >= 4 is 15.9 Å². The molecule has 0 bridgehead atoms. The molecule has 0 radical (unpaired) electrons. The zero-order valence-electron chi connectivity index (χ0n) is 19.5. The number of nitrogens with zero attached hydrogens (tertiary/aromatic N) is 2. The van der Waals surface area contributed by atoms with Gasteiger partial charge in [0.05, 0.1) is 17.1 Å². The van der Waals surface area contributed by atoms with Crippen LogP contribution in [0.4, 0.5) is 0 Å². The number of oxazole rings is 1. The maximum Gasteiger partial charge on any atom is 0.240 e. The Labute approximate surface area is 205 Å². The van der Waals surface area contributed by atoms with E-state index in [0.29, 0.717) is 38.1 Å². The molecule has 1 aromatic heterocycles. The molecular weight excluding hydrogens is 464 g/mol. The van der Waals surface area contributed by atoms with Crippen molar-refractivity contribution < 1.29 is 17.6 Å². The Morgan fingerprint density at radius 1 is 1.03 bits per heavy atom. The Balaban J connectivity index is 1.19. The van der Waals surface area contributed by atoms with Crippen LogP contribution >= 0.6 is 0 Å². The van der Waals surface area contributed by atoms with E-state index in [-0.39, 0.29) is 28.8 Å². The lowest BCUT2D eigenvalue weighted by Crippen LogP contribution is -2.51. The third-order valence-corrected chi connectivity index (χ3v) is 8.49. The van der Waals surface area contributed by atoms with Crippen LogP contribution in [0.25, 0.3) is 11.5 Å². The molecule has 2 aliphatic rings. The van der Waals surface area contributed by atoms with E-state index in [1.165, 1.54) is 6.26 Å². The molecule has 1 atom stereocenters. The van der Waals surface area contributed by atoms with Gasteiger partial charge in [0.25, 0.3) is 0 Å². The zero-order valence-corrected chi connectivity index (χ0v) is 20.3. The molecule has 9 heteroatoms. The van der Waals surface area contributed by atoms with Gasteiger partial charge in [-0.15, -0.1) is 0 Å². The largest absolute Gasteiger partial charge is 0.445 e. The molecule has 1 saturated heterocycles. The summed E-state index contributed by atoms with van der Waals surface area (Å²) in [6, 6.07) is 16.5. The molecule has 1 saturated carbocycles. The molecule has 184 valence electrons. The number of amides is 1. The maximum absolute atomic E-state index is 13.4. The molecule has 1 amide bonds. The minimum atomic E-state index is -3.65. The van der Waals surface area contributed by atoms with Gasteiger partial charge in [0.2, 0.25) is 21.8 Å². The molecule has 1 aliphatic carbocycles. The SMILES string of the molecule is O=C(C1CCC(NS(=O)(=O)c2ccc(-c3ncco3)cc2)CC1)N1CCNC[C@@H]1c1ccccc1. The van der Waals surface area contributed by atoms with Crippen LogP contribution in [-0.4, -0.2) is 49.9 Å². The first-order valence-corrected chi connectivity index (χ1v) is 13.6. The topological polar surface area (TPSA) is 105 Å². The highest BCUT2D eigenvalue weighted by molar-refractivity contribution is 7.89. The first-order chi connectivity index (χ1) is 17.0. The Bertz CT molecular complexity index is 1220. The molecular formula is C26H30N4O4S. The molecule has 35 heavy (non-hydrogen) atoms. The number of benzene rings is 2. The molecule has 3 aromatic rings. The molecule has 1 aliphatic heterocycles. The maximum atomic E-state index is 13.4. The first-order valence-electron chi connectivity index (χ1n) is 12.1. The number of carbonyl (C=O) groups excluding carboxylic acids is 1. The van der Waals surface area contributed by atoms with Gasteiger partial charge in [-0.2, -0.15) is 0 Å². The average molecular weight is 495 g/mol. The van der Waals surface area contributed by atoms with E-state index in [1.807, 2.05) is 23.1 Å². The van der Waals surface area contributed by atoms with Crippen LogP contribution in [0, 0.1) is 5.92 Å². The van der Waals surface area contributed by atoms with Crippen molar-refractivity contribution in [1.82, 2.24) is 19.9 Å². The molecule has 8 nitrogen and oxygen atoms in total. The van der Waals surface area contributed by atoms with Crippen LogP contribution in [0.5, 0.6) is 0 Å². The van der Waals surface area contributed by atoms with Gasteiger partial charge in [0.1, 0.15) is 6.26 Å².